The van der Waals surface area contributed by atoms with Crippen LogP contribution < -0.4 is 5.32 Å². The summed E-state index contributed by atoms with van der Waals surface area (Å²) in [5, 5.41) is 11.6. The molecule has 1 aliphatic carbocycles. The van der Waals surface area contributed by atoms with Gasteiger partial charge in [0.05, 0.1) is 5.39 Å². The molecule has 0 spiro atoms. The predicted octanol–water partition coefficient (Wildman–Crippen LogP) is 4.61. The van der Waals surface area contributed by atoms with E-state index < -0.39 is 0 Å². The summed E-state index contributed by atoms with van der Waals surface area (Å²) < 4.78 is 13.1. The number of nitrogens with one attached hydrogen (secondary N) is 2. The van der Waals surface area contributed by atoms with Gasteiger partial charge in [0.2, 0.25) is 5.91 Å². The van der Waals surface area contributed by atoms with Crippen molar-refractivity contribution in [3.63, 3.8) is 0 Å². The fourth-order valence-electron chi connectivity index (χ4n) is 4.92. The number of hydrogen-bond acceptors (Lipinski definition) is 4. The van der Waals surface area contributed by atoms with Crippen LogP contribution in [0.25, 0.3) is 11.0 Å². The first-order valence-electron chi connectivity index (χ1n) is 11.3. The van der Waals surface area contributed by atoms with Crippen LogP contribution in [0.5, 0.6) is 0 Å². The molecule has 2 fully saturated rings. The van der Waals surface area contributed by atoms with Crippen LogP contribution in [0.3, 0.4) is 0 Å². The number of pyridine rings is 1. The smallest absolute Gasteiger partial charge is 0.225 e. The van der Waals surface area contributed by atoms with Gasteiger partial charge < -0.3 is 10.2 Å². The minimum absolute atomic E-state index is 0.233. The Balaban J connectivity index is 1.27. The number of piperidine rings is 1. The highest BCUT2D eigenvalue weighted by atomic mass is 19.1. The standard InChI is InChI=1S/C24H28FN5O/c25-19-9-7-16(8-10-19)14-26-22-20-11-12-21(27-23(20)29-28-22)18-6-3-13-30(15-18)24(31)17-4-1-2-5-17/h7-12,17-18H,1-6,13-15H2,(H2,26,27,28,29)/t18-/m1/s1. The summed E-state index contributed by atoms with van der Waals surface area (Å²) in [4.78, 5) is 19.8. The monoisotopic (exact) mass is 421 g/mol. The number of aromatic nitrogens is 3. The molecule has 1 atom stereocenters. The van der Waals surface area contributed by atoms with Crippen molar-refractivity contribution in [3.05, 3.63) is 53.5 Å². The SMILES string of the molecule is O=C(C1CCCC1)N1CCC[C@@H](c2ccc3c(NCc4ccc(F)cc4)n[nH]c3n2)C1. The number of rotatable bonds is 5. The molecular formula is C24H28FN5O. The molecule has 0 bridgehead atoms. The van der Waals surface area contributed by atoms with E-state index in [-0.39, 0.29) is 17.7 Å². The number of nitrogens with zero attached hydrogens (tertiary/aromatic N) is 3. The molecule has 6 nitrogen and oxygen atoms in total. The zero-order chi connectivity index (χ0) is 21.2. The average molecular weight is 422 g/mol. The Hall–Kier alpha value is -2.96. The first-order valence-corrected chi connectivity index (χ1v) is 11.3. The summed E-state index contributed by atoms with van der Waals surface area (Å²) in [6.45, 7) is 2.19. The van der Waals surface area contributed by atoms with Gasteiger partial charge in [-0.15, -0.1) is 0 Å². The number of fused-ring (bicyclic) bond motifs is 1. The summed E-state index contributed by atoms with van der Waals surface area (Å²) in [5.41, 5.74) is 2.75. The van der Waals surface area contributed by atoms with E-state index >= 15 is 0 Å². The summed E-state index contributed by atoms with van der Waals surface area (Å²) in [6.07, 6.45) is 6.54. The first-order chi connectivity index (χ1) is 15.2. The van der Waals surface area contributed by atoms with Crippen LogP contribution in [0.1, 0.15) is 55.7 Å². The van der Waals surface area contributed by atoms with Gasteiger partial charge in [-0.3, -0.25) is 9.89 Å². The molecule has 1 saturated heterocycles. The fourth-order valence-corrected chi connectivity index (χ4v) is 4.92. The molecule has 7 heteroatoms. The minimum Gasteiger partial charge on any atom is -0.364 e. The molecule has 0 radical (unpaired) electrons. The van der Waals surface area contributed by atoms with Crippen LogP contribution in [0.15, 0.2) is 36.4 Å². The number of amides is 1. The molecule has 1 aliphatic heterocycles. The van der Waals surface area contributed by atoms with E-state index in [4.69, 9.17) is 4.98 Å². The molecule has 1 amide bonds. The molecule has 31 heavy (non-hydrogen) atoms. The van der Waals surface area contributed by atoms with Gasteiger partial charge in [-0.2, -0.15) is 5.10 Å². The molecule has 2 N–H and O–H groups in total. The van der Waals surface area contributed by atoms with Gasteiger partial charge in [0, 0.05) is 37.2 Å². The molecule has 0 unspecified atom stereocenters. The summed E-state index contributed by atoms with van der Waals surface area (Å²) in [7, 11) is 0. The minimum atomic E-state index is -0.239. The second-order valence-electron chi connectivity index (χ2n) is 8.79. The third-order valence-electron chi connectivity index (χ3n) is 6.67. The van der Waals surface area contributed by atoms with Gasteiger partial charge in [-0.25, -0.2) is 9.37 Å². The lowest BCUT2D eigenvalue weighted by Crippen LogP contribution is -2.42. The maximum absolute atomic E-state index is 13.1. The van der Waals surface area contributed by atoms with E-state index in [1.165, 1.54) is 25.0 Å². The van der Waals surface area contributed by atoms with Crippen LogP contribution in [-0.2, 0) is 11.3 Å². The Bertz CT molecular complexity index is 1060. The molecule has 3 aromatic rings. The van der Waals surface area contributed by atoms with Crippen LogP contribution in [0.4, 0.5) is 10.2 Å². The molecule has 2 aromatic heterocycles. The van der Waals surface area contributed by atoms with Gasteiger partial charge in [0.25, 0.3) is 0 Å². The number of H-pyrrole nitrogens is 1. The van der Waals surface area contributed by atoms with Crippen molar-refractivity contribution in [2.45, 2.75) is 51.0 Å². The molecule has 162 valence electrons. The third kappa shape index (κ3) is 4.27. The van der Waals surface area contributed by atoms with E-state index in [1.54, 1.807) is 12.1 Å². The molecule has 1 saturated carbocycles. The quantitative estimate of drug-likeness (QED) is 0.631. The zero-order valence-corrected chi connectivity index (χ0v) is 17.6. The van der Waals surface area contributed by atoms with Crippen LogP contribution in [0.2, 0.25) is 0 Å². The number of carbonyl (C=O) groups excluding carboxylic acids is 1. The van der Waals surface area contributed by atoms with Crippen molar-refractivity contribution in [3.8, 4) is 0 Å². The number of hydrogen-bond donors (Lipinski definition) is 2. The normalized spacial score (nSPS) is 19.8. The van der Waals surface area contributed by atoms with Gasteiger partial charge in [-0.1, -0.05) is 25.0 Å². The molecule has 1 aromatic carbocycles. The van der Waals surface area contributed by atoms with Crippen molar-refractivity contribution in [2.75, 3.05) is 18.4 Å². The number of likely N-dealkylation sites (tertiary alicyclic amines) is 1. The molecule has 5 rings (SSSR count). The molecule has 2 aliphatic rings. The number of carbonyl (C=O) groups is 1. The van der Waals surface area contributed by atoms with E-state index in [9.17, 15) is 9.18 Å². The highest BCUT2D eigenvalue weighted by molar-refractivity contribution is 5.87. The number of halogens is 1. The summed E-state index contributed by atoms with van der Waals surface area (Å²) >= 11 is 0. The predicted molar refractivity (Wildman–Crippen MR) is 118 cm³/mol. The molecular weight excluding hydrogens is 393 g/mol. The Morgan fingerprint density at radius 3 is 2.71 bits per heavy atom. The number of aromatic amines is 1. The third-order valence-corrected chi connectivity index (χ3v) is 6.67. The highest BCUT2D eigenvalue weighted by Gasteiger charge is 2.31. The highest BCUT2D eigenvalue weighted by Crippen LogP contribution is 2.32. The van der Waals surface area contributed by atoms with Crippen LogP contribution in [0, 0.1) is 11.7 Å². The van der Waals surface area contributed by atoms with Crippen molar-refractivity contribution < 1.29 is 9.18 Å². The fraction of sp³-hybridized carbons (Fsp3) is 0.458. The maximum Gasteiger partial charge on any atom is 0.225 e. The Kier molecular flexibility index (Phi) is 5.57. The lowest BCUT2D eigenvalue weighted by atomic mass is 9.93. The maximum atomic E-state index is 13.1. The summed E-state index contributed by atoms with van der Waals surface area (Å²) in [6, 6.07) is 10.5. The van der Waals surface area contributed by atoms with E-state index in [2.05, 4.69) is 26.5 Å². The Morgan fingerprint density at radius 1 is 1.10 bits per heavy atom. The number of anilines is 1. The van der Waals surface area contributed by atoms with E-state index in [0.717, 1.165) is 66.9 Å². The summed E-state index contributed by atoms with van der Waals surface area (Å²) in [5.74, 6) is 1.34. The second-order valence-corrected chi connectivity index (χ2v) is 8.79. The number of benzene rings is 1. The Morgan fingerprint density at radius 2 is 1.90 bits per heavy atom. The van der Waals surface area contributed by atoms with Crippen LogP contribution in [-0.4, -0.2) is 39.1 Å². The average Bonchev–Trinajstić information content (AvgIpc) is 3.48. The van der Waals surface area contributed by atoms with Crippen molar-refractivity contribution >= 4 is 22.8 Å². The zero-order valence-electron chi connectivity index (χ0n) is 17.6. The molecule has 3 heterocycles. The van der Waals surface area contributed by atoms with Gasteiger partial charge >= 0.3 is 0 Å². The van der Waals surface area contributed by atoms with Gasteiger partial charge in [0.15, 0.2) is 11.5 Å². The lowest BCUT2D eigenvalue weighted by molar-refractivity contribution is -0.136. The Labute approximate surface area is 181 Å². The second kappa shape index (κ2) is 8.65. The van der Waals surface area contributed by atoms with Crippen LogP contribution >= 0.6 is 0 Å². The van der Waals surface area contributed by atoms with Gasteiger partial charge in [0.1, 0.15) is 5.82 Å². The van der Waals surface area contributed by atoms with E-state index in [0.29, 0.717) is 12.5 Å². The topological polar surface area (TPSA) is 73.9 Å². The van der Waals surface area contributed by atoms with E-state index in [1.807, 2.05) is 6.07 Å². The van der Waals surface area contributed by atoms with Gasteiger partial charge in [-0.05, 0) is 55.5 Å². The van der Waals surface area contributed by atoms with Crippen molar-refractivity contribution in [2.24, 2.45) is 5.92 Å². The van der Waals surface area contributed by atoms with Crippen molar-refractivity contribution in [1.29, 1.82) is 0 Å². The lowest BCUT2D eigenvalue weighted by Gasteiger charge is -2.34. The first kappa shape index (κ1) is 20.0. The van der Waals surface area contributed by atoms with Crippen molar-refractivity contribution in [1.82, 2.24) is 20.1 Å². The largest absolute Gasteiger partial charge is 0.364 e.